The molecule has 0 aliphatic heterocycles. The Hall–Kier alpha value is -1.68. The van der Waals surface area contributed by atoms with E-state index < -0.39 is 0 Å². The molecule has 0 atom stereocenters. The molecule has 0 unspecified atom stereocenters. The molecule has 0 bridgehead atoms. The van der Waals surface area contributed by atoms with Crippen LogP contribution in [0.4, 0.5) is 5.69 Å². The minimum absolute atomic E-state index is 0.493. The van der Waals surface area contributed by atoms with Crippen molar-refractivity contribution in [3.63, 3.8) is 0 Å². The number of halogens is 1. The van der Waals surface area contributed by atoms with E-state index in [2.05, 4.69) is 22.9 Å². The van der Waals surface area contributed by atoms with Crippen LogP contribution in [0, 0.1) is 0 Å². The Labute approximate surface area is 127 Å². The molecule has 2 aromatic rings. The lowest BCUT2D eigenvalue weighted by Gasteiger charge is -2.09. The van der Waals surface area contributed by atoms with E-state index in [1.165, 1.54) is 0 Å². The molecule has 20 heavy (non-hydrogen) atoms. The normalized spacial score (nSPS) is 10.3. The standard InChI is InChI=1S/C16H18BrNO2/c1-2-9-19-13-4-6-14(7-5-13)20-11-12-3-8-15(17)16(18)10-12/h3-8,10H,2,9,11,18H2,1H3. The fraction of sp³-hybridized carbons (Fsp3) is 0.250. The summed E-state index contributed by atoms with van der Waals surface area (Å²) in [5.41, 5.74) is 7.59. The summed E-state index contributed by atoms with van der Waals surface area (Å²) < 4.78 is 12.1. The zero-order valence-corrected chi connectivity index (χ0v) is 13.0. The number of hydrogen-bond acceptors (Lipinski definition) is 3. The first-order chi connectivity index (χ1) is 9.69. The summed E-state index contributed by atoms with van der Waals surface area (Å²) in [6.45, 7) is 3.31. The van der Waals surface area contributed by atoms with Gasteiger partial charge in [-0.25, -0.2) is 0 Å². The van der Waals surface area contributed by atoms with Gasteiger partial charge in [0.25, 0.3) is 0 Å². The molecule has 0 fully saturated rings. The van der Waals surface area contributed by atoms with Crippen molar-refractivity contribution in [3.05, 3.63) is 52.5 Å². The highest BCUT2D eigenvalue weighted by atomic mass is 79.9. The lowest BCUT2D eigenvalue weighted by Crippen LogP contribution is -1.98. The third kappa shape index (κ3) is 4.17. The second-order valence-corrected chi connectivity index (χ2v) is 5.32. The Morgan fingerprint density at radius 2 is 1.65 bits per heavy atom. The maximum atomic E-state index is 5.84. The third-order valence-corrected chi connectivity index (χ3v) is 3.48. The average Bonchev–Trinajstić information content (AvgIpc) is 2.47. The molecule has 2 rings (SSSR count). The Morgan fingerprint density at radius 1 is 1.00 bits per heavy atom. The Balaban J connectivity index is 1.91. The van der Waals surface area contributed by atoms with Gasteiger partial charge in [-0.15, -0.1) is 0 Å². The minimum atomic E-state index is 0.493. The minimum Gasteiger partial charge on any atom is -0.494 e. The van der Waals surface area contributed by atoms with Gasteiger partial charge in [0.2, 0.25) is 0 Å². The predicted molar refractivity (Wildman–Crippen MR) is 85.1 cm³/mol. The van der Waals surface area contributed by atoms with Crippen molar-refractivity contribution in [3.8, 4) is 11.5 Å². The van der Waals surface area contributed by atoms with E-state index in [4.69, 9.17) is 15.2 Å². The van der Waals surface area contributed by atoms with E-state index >= 15 is 0 Å². The smallest absolute Gasteiger partial charge is 0.120 e. The third-order valence-electron chi connectivity index (χ3n) is 2.76. The van der Waals surface area contributed by atoms with Crippen molar-refractivity contribution in [1.82, 2.24) is 0 Å². The summed E-state index contributed by atoms with van der Waals surface area (Å²) in [6.07, 6.45) is 1.00. The van der Waals surface area contributed by atoms with Crippen LogP contribution in [0.25, 0.3) is 0 Å². The summed E-state index contributed by atoms with van der Waals surface area (Å²) >= 11 is 3.37. The van der Waals surface area contributed by atoms with Crippen molar-refractivity contribution in [1.29, 1.82) is 0 Å². The van der Waals surface area contributed by atoms with Gasteiger partial charge in [0.1, 0.15) is 18.1 Å². The average molecular weight is 336 g/mol. The Morgan fingerprint density at radius 3 is 2.25 bits per heavy atom. The van der Waals surface area contributed by atoms with Gasteiger partial charge in [-0.3, -0.25) is 0 Å². The van der Waals surface area contributed by atoms with E-state index in [1.54, 1.807) is 0 Å². The van der Waals surface area contributed by atoms with Crippen molar-refractivity contribution in [2.45, 2.75) is 20.0 Å². The molecule has 2 aromatic carbocycles. The van der Waals surface area contributed by atoms with Gasteiger partial charge >= 0.3 is 0 Å². The Bertz CT molecular complexity index is 555. The van der Waals surface area contributed by atoms with E-state index in [9.17, 15) is 0 Å². The summed E-state index contributed by atoms with van der Waals surface area (Å²) in [6, 6.07) is 13.5. The zero-order chi connectivity index (χ0) is 14.4. The van der Waals surface area contributed by atoms with Crippen LogP contribution in [0.2, 0.25) is 0 Å². The summed E-state index contributed by atoms with van der Waals surface area (Å²) in [5.74, 6) is 1.68. The second-order valence-electron chi connectivity index (χ2n) is 4.46. The number of nitrogen functional groups attached to an aromatic ring is 1. The molecule has 0 saturated carbocycles. The number of hydrogen-bond donors (Lipinski definition) is 1. The van der Waals surface area contributed by atoms with E-state index in [0.717, 1.165) is 40.3 Å². The van der Waals surface area contributed by atoms with Crippen molar-refractivity contribution in [2.75, 3.05) is 12.3 Å². The van der Waals surface area contributed by atoms with Crippen LogP contribution in [0.3, 0.4) is 0 Å². The van der Waals surface area contributed by atoms with Crippen LogP contribution in [0.5, 0.6) is 11.5 Å². The van der Waals surface area contributed by atoms with Crippen LogP contribution in [0.1, 0.15) is 18.9 Å². The fourth-order valence-electron chi connectivity index (χ4n) is 1.70. The molecular weight excluding hydrogens is 318 g/mol. The maximum absolute atomic E-state index is 5.84. The van der Waals surface area contributed by atoms with E-state index in [1.807, 2.05) is 42.5 Å². The zero-order valence-electron chi connectivity index (χ0n) is 11.4. The lowest BCUT2D eigenvalue weighted by molar-refractivity contribution is 0.301. The largest absolute Gasteiger partial charge is 0.494 e. The number of benzene rings is 2. The highest BCUT2D eigenvalue weighted by Crippen LogP contribution is 2.22. The molecule has 0 amide bonds. The molecule has 4 heteroatoms. The summed E-state index contributed by atoms with van der Waals surface area (Å²) in [4.78, 5) is 0. The highest BCUT2D eigenvalue weighted by molar-refractivity contribution is 9.10. The van der Waals surface area contributed by atoms with Gasteiger partial charge in [-0.05, 0) is 64.3 Å². The quantitative estimate of drug-likeness (QED) is 0.795. The first-order valence-electron chi connectivity index (χ1n) is 6.58. The van der Waals surface area contributed by atoms with E-state index in [0.29, 0.717) is 6.61 Å². The van der Waals surface area contributed by atoms with Gasteiger partial charge in [0.15, 0.2) is 0 Å². The van der Waals surface area contributed by atoms with Gasteiger partial charge in [-0.2, -0.15) is 0 Å². The number of nitrogens with two attached hydrogens (primary N) is 1. The molecule has 2 N–H and O–H groups in total. The number of anilines is 1. The molecule has 0 radical (unpaired) electrons. The lowest BCUT2D eigenvalue weighted by atomic mass is 10.2. The van der Waals surface area contributed by atoms with Gasteiger partial charge < -0.3 is 15.2 Å². The van der Waals surface area contributed by atoms with Gasteiger partial charge in [0, 0.05) is 10.2 Å². The first kappa shape index (κ1) is 14.7. The van der Waals surface area contributed by atoms with Crippen molar-refractivity contribution in [2.24, 2.45) is 0 Å². The van der Waals surface area contributed by atoms with Crippen molar-refractivity contribution < 1.29 is 9.47 Å². The molecular formula is C16H18BrNO2. The molecule has 3 nitrogen and oxygen atoms in total. The molecule has 0 aromatic heterocycles. The van der Waals surface area contributed by atoms with Crippen LogP contribution in [-0.4, -0.2) is 6.61 Å². The molecule has 0 heterocycles. The number of rotatable bonds is 6. The molecule has 0 aliphatic carbocycles. The molecule has 106 valence electrons. The van der Waals surface area contributed by atoms with Gasteiger partial charge in [-0.1, -0.05) is 13.0 Å². The van der Waals surface area contributed by atoms with Gasteiger partial charge in [0.05, 0.1) is 6.61 Å². The molecule has 0 aliphatic rings. The highest BCUT2D eigenvalue weighted by Gasteiger charge is 2.00. The van der Waals surface area contributed by atoms with Crippen molar-refractivity contribution >= 4 is 21.6 Å². The molecule has 0 saturated heterocycles. The summed E-state index contributed by atoms with van der Waals surface area (Å²) in [7, 11) is 0. The number of ether oxygens (including phenoxy) is 2. The van der Waals surface area contributed by atoms with Crippen LogP contribution < -0.4 is 15.2 Å². The SMILES string of the molecule is CCCOc1ccc(OCc2ccc(Br)c(N)c2)cc1. The first-order valence-corrected chi connectivity index (χ1v) is 7.38. The monoisotopic (exact) mass is 335 g/mol. The molecule has 0 spiro atoms. The fourth-order valence-corrected chi connectivity index (χ4v) is 1.95. The van der Waals surface area contributed by atoms with Crippen LogP contribution in [0.15, 0.2) is 46.9 Å². The topological polar surface area (TPSA) is 44.5 Å². The Kier molecular flexibility index (Phi) is 5.30. The summed E-state index contributed by atoms with van der Waals surface area (Å²) in [5, 5.41) is 0. The maximum Gasteiger partial charge on any atom is 0.120 e. The van der Waals surface area contributed by atoms with Crippen LogP contribution in [-0.2, 0) is 6.61 Å². The van der Waals surface area contributed by atoms with Crippen LogP contribution >= 0.6 is 15.9 Å². The predicted octanol–water partition coefficient (Wildman–Crippen LogP) is 4.40. The second kappa shape index (κ2) is 7.20. The van der Waals surface area contributed by atoms with E-state index in [-0.39, 0.29) is 0 Å².